The van der Waals surface area contributed by atoms with Gasteiger partial charge in [-0.25, -0.2) is 17.6 Å². The summed E-state index contributed by atoms with van der Waals surface area (Å²) in [5.74, 6) is -6.30. The molecule has 1 amide bonds. The first-order valence-electron chi connectivity index (χ1n) is 8.01. The van der Waals surface area contributed by atoms with Gasteiger partial charge in [-0.15, -0.1) is 0 Å². The Bertz CT molecular complexity index is 580. The molecule has 1 aliphatic rings. The molecule has 2 atom stereocenters. The van der Waals surface area contributed by atoms with Crippen molar-refractivity contribution in [2.75, 3.05) is 13.2 Å². The minimum Gasteiger partial charge on any atom is -0.396 e. The molecule has 0 saturated heterocycles. The zero-order valence-electron chi connectivity index (χ0n) is 13.2. The molecule has 0 radical (unpaired) electrons. The van der Waals surface area contributed by atoms with Crippen LogP contribution in [0.3, 0.4) is 0 Å². The third-order valence-electron chi connectivity index (χ3n) is 4.34. The molecule has 2 N–H and O–H groups in total. The fourth-order valence-corrected chi connectivity index (χ4v) is 2.99. The van der Waals surface area contributed by atoms with Gasteiger partial charge >= 0.3 is 0 Å². The smallest absolute Gasteiger partial charge is 0.248 e. The SMILES string of the molecule is O=C(NC[C@H](CO)Cc1ccc(F)c(F)c1)[C@@H]1CCCC(F)(F)C1. The number of hydrogen-bond donors (Lipinski definition) is 2. The second kappa shape index (κ2) is 7.96. The number of aliphatic hydroxyl groups excluding tert-OH is 1. The summed E-state index contributed by atoms with van der Waals surface area (Å²) in [5.41, 5.74) is 0.492. The van der Waals surface area contributed by atoms with E-state index in [1.807, 2.05) is 0 Å². The van der Waals surface area contributed by atoms with E-state index in [0.29, 0.717) is 18.4 Å². The van der Waals surface area contributed by atoms with Crippen LogP contribution < -0.4 is 5.32 Å². The van der Waals surface area contributed by atoms with Crippen molar-refractivity contribution < 1.29 is 27.5 Å². The predicted octanol–water partition coefficient (Wildman–Crippen LogP) is 3.06. The minimum atomic E-state index is -2.80. The average Bonchev–Trinajstić information content (AvgIpc) is 2.53. The standard InChI is InChI=1S/C17H21F4NO2/c18-14-4-3-11(7-15(14)19)6-12(10-23)9-22-16(24)13-2-1-5-17(20,21)8-13/h3-4,7,12-13,23H,1-2,5-6,8-10H2,(H,22,24)/t12-,13-/m1/s1. The highest BCUT2D eigenvalue weighted by molar-refractivity contribution is 5.78. The van der Waals surface area contributed by atoms with Crippen LogP contribution in [-0.2, 0) is 11.2 Å². The first kappa shape index (κ1) is 18.7. The fraction of sp³-hybridized carbons (Fsp3) is 0.588. The number of rotatable bonds is 6. The summed E-state index contributed by atoms with van der Waals surface area (Å²) in [7, 11) is 0. The van der Waals surface area contributed by atoms with Gasteiger partial charge < -0.3 is 10.4 Å². The van der Waals surface area contributed by atoms with Crippen molar-refractivity contribution in [1.29, 1.82) is 0 Å². The lowest BCUT2D eigenvalue weighted by molar-refractivity contribution is -0.132. The molecule has 1 saturated carbocycles. The zero-order chi connectivity index (χ0) is 17.7. The zero-order valence-corrected chi connectivity index (χ0v) is 13.2. The molecule has 134 valence electrons. The van der Waals surface area contributed by atoms with Gasteiger partial charge in [-0.1, -0.05) is 6.07 Å². The maximum atomic E-state index is 13.4. The van der Waals surface area contributed by atoms with E-state index in [-0.39, 0.29) is 26.0 Å². The minimum absolute atomic E-state index is 0.0937. The second-order valence-electron chi connectivity index (χ2n) is 6.40. The van der Waals surface area contributed by atoms with Gasteiger partial charge in [0.05, 0.1) is 0 Å². The molecular weight excluding hydrogens is 326 g/mol. The topological polar surface area (TPSA) is 49.3 Å². The number of amides is 1. The Morgan fingerprint density at radius 1 is 1.33 bits per heavy atom. The summed E-state index contributed by atoms with van der Waals surface area (Å²) in [4.78, 5) is 12.0. The van der Waals surface area contributed by atoms with Crippen molar-refractivity contribution in [1.82, 2.24) is 5.32 Å². The van der Waals surface area contributed by atoms with Gasteiger partial charge in [0, 0.05) is 37.8 Å². The molecular formula is C17H21F4NO2. The first-order chi connectivity index (χ1) is 11.3. The molecule has 3 nitrogen and oxygen atoms in total. The lowest BCUT2D eigenvalue weighted by Gasteiger charge is -2.28. The molecule has 0 bridgehead atoms. The van der Waals surface area contributed by atoms with Crippen LogP contribution in [-0.4, -0.2) is 30.1 Å². The molecule has 0 aromatic heterocycles. The second-order valence-corrected chi connectivity index (χ2v) is 6.40. The van der Waals surface area contributed by atoms with Crippen LogP contribution in [0.1, 0.15) is 31.2 Å². The Kier molecular flexibility index (Phi) is 6.21. The van der Waals surface area contributed by atoms with E-state index in [9.17, 15) is 27.5 Å². The summed E-state index contributed by atoms with van der Waals surface area (Å²) < 4.78 is 52.8. The van der Waals surface area contributed by atoms with E-state index in [0.717, 1.165) is 12.1 Å². The molecule has 1 fully saturated rings. The van der Waals surface area contributed by atoms with Gasteiger partial charge in [-0.2, -0.15) is 0 Å². The van der Waals surface area contributed by atoms with Gasteiger partial charge in [0.15, 0.2) is 11.6 Å². The van der Waals surface area contributed by atoms with Crippen LogP contribution in [0.5, 0.6) is 0 Å². The van der Waals surface area contributed by atoms with Gasteiger partial charge in [-0.3, -0.25) is 4.79 Å². The van der Waals surface area contributed by atoms with Crippen LogP contribution in [0.4, 0.5) is 17.6 Å². The third kappa shape index (κ3) is 5.19. The van der Waals surface area contributed by atoms with Gasteiger partial charge in [0.2, 0.25) is 11.8 Å². The highest BCUT2D eigenvalue weighted by Crippen LogP contribution is 2.36. The summed E-state index contributed by atoms with van der Waals surface area (Å²) in [5, 5.41) is 12.0. The molecule has 0 unspecified atom stereocenters. The van der Waals surface area contributed by atoms with E-state index in [2.05, 4.69) is 5.32 Å². The molecule has 0 heterocycles. The number of carbonyl (C=O) groups is 1. The Morgan fingerprint density at radius 3 is 2.71 bits per heavy atom. The molecule has 2 rings (SSSR count). The molecule has 7 heteroatoms. The Morgan fingerprint density at radius 2 is 2.08 bits per heavy atom. The number of hydrogen-bond acceptors (Lipinski definition) is 2. The largest absolute Gasteiger partial charge is 0.396 e. The van der Waals surface area contributed by atoms with Crippen LogP contribution in [0.2, 0.25) is 0 Å². The average molecular weight is 347 g/mol. The maximum absolute atomic E-state index is 13.4. The van der Waals surface area contributed by atoms with Crippen LogP contribution >= 0.6 is 0 Å². The number of alkyl halides is 2. The number of benzene rings is 1. The fourth-order valence-electron chi connectivity index (χ4n) is 2.99. The molecule has 24 heavy (non-hydrogen) atoms. The van der Waals surface area contributed by atoms with Crippen LogP contribution in [0.15, 0.2) is 18.2 Å². The summed E-state index contributed by atoms with van der Waals surface area (Å²) in [6.07, 6.45) is 0.338. The Hall–Kier alpha value is -1.63. The van der Waals surface area contributed by atoms with Gasteiger partial charge in [0.1, 0.15) is 0 Å². The van der Waals surface area contributed by atoms with E-state index in [4.69, 9.17) is 0 Å². The van der Waals surface area contributed by atoms with E-state index in [1.165, 1.54) is 6.07 Å². The van der Waals surface area contributed by atoms with Crippen molar-refractivity contribution in [2.24, 2.45) is 11.8 Å². The first-order valence-corrected chi connectivity index (χ1v) is 8.01. The van der Waals surface area contributed by atoms with Gasteiger partial charge in [-0.05, 0) is 37.0 Å². The normalized spacial score (nSPS) is 21.3. The van der Waals surface area contributed by atoms with Crippen LogP contribution in [0.25, 0.3) is 0 Å². The predicted molar refractivity (Wildman–Crippen MR) is 80.6 cm³/mol. The van der Waals surface area contributed by atoms with E-state index >= 15 is 0 Å². The molecule has 1 aliphatic carbocycles. The van der Waals surface area contributed by atoms with Crippen molar-refractivity contribution in [3.63, 3.8) is 0 Å². The van der Waals surface area contributed by atoms with Crippen molar-refractivity contribution in [2.45, 2.75) is 38.0 Å². The molecule has 0 aliphatic heterocycles. The van der Waals surface area contributed by atoms with E-state index in [1.54, 1.807) is 0 Å². The lowest BCUT2D eigenvalue weighted by atomic mass is 9.86. The maximum Gasteiger partial charge on any atom is 0.248 e. The highest BCUT2D eigenvalue weighted by atomic mass is 19.3. The highest BCUT2D eigenvalue weighted by Gasteiger charge is 2.39. The summed E-state index contributed by atoms with van der Waals surface area (Å²) in [6, 6.07) is 3.45. The monoisotopic (exact) mass is 347 g/mol. The Balaban J connectivity index is 1.86. The number of aliphatic hydroxyl groups is 1. The Labute approximate surface area is 138 Å². The van der Waals surface area contributed by atoms with E-state index < -0.39 is 41.7 Å². The van der Waals surface area contributed by atoms with Crippen LogP contribution in [0, 0.1) is 23.5 Å². The number of carbonyl (C=O) groups excluding carboxylic acids is 1. The van der Waals surface area contributed by atoms with Crippen molar-refractivity contribution >= 4 is 5.91 Å². The van der Waals surface area contributed by atoms with Crippen molar-refractivity contribution in [3.05, 3.63) is 35.4 Å². The number of nitrogens with one attached hydrogen (secondary N) is 1. The quantitative estimate of drug-likeness (QED) is 0.777. The summed E-state index contributed by atoms with van der Waals surface area (Å²) in [6.45, 7) is -0.170. The molecule has 0 spiro atoms. The lowest BCUT2D eigenvalue weighted by Crippen LogP contribution is -2.40. The summed E-state index contributed by atoms with van der Waals surface area (Å²) >= 11 is 0. The van der Waals surface area contributed by atoms with Gasteiger partial charge in [0.25, 0.3) is 0 Å². The molecule has 1 aromatic rings. The van der Waals surface area contributed by atoms with Crippen molar-refractivity contribution in [3.8, 4) is 0 Å². The number of halogens is 4. The third-order valence-corrected chi connectivity index (χ3v) is 4.34. The molecule has 1 aromatic carbocycles.